The molecule has 2 atom stereocenters. The van der Waals surface area contributed by atoms with Gasteiger partial charge in [-0.15, -0.1) is 0 Å². The number of likely N-dealkylation sites (tertiary alicyclic amines) is 1. The molecule has 2 heterocycles. The van der Waals surface area contributed by atoms with Crippen LogP contribution in [0.1, 0.15) is 12.0 Å². The first-order valence-electron chi connectivity index (χ1n) is 7.47. The van der Waals surface area contributed by atoms with E-state index in [0.29, 0.717) is 18.4 Å². The first-order valence-corrected chi connectivity index (χ1v) is 8.27. The van der Waals surface area contributed by atoms with Crippen LogP contribution in [0.2, 0.25) is 0 Å². The number of halogens is 1. The molecule has 1 aromatic carbocycles. The molecule has 22 heavy (non-hydrogen) atoms. The third kappa shape index (κ3) is 2.15. The van der Waals surface area contributed by atoms with Crippen molar-refractivity contribution in [2.24, 2.45) is 5.92 Å². The van der Waals surface area contributed by atoms with Crippen molar-refractivity contribution >= 4 is 32.7 Å². The number of H-pyrrole nitrogens is 1. The van der Waals surface area contributed by atoms with Gasteiger partial charge in [0.05, 0.1) is 24.2 Å². The number of nitrogens with one attached hydrogen (secondary N) is 1. The topological polar surface area (TPSA) is 45.3 Å². The molecule has 2 aliphatic rings. The van der Waals surface area contributed by atoms with Gasteiger partial charge in [0.2, 0.25) is 5.91 Å². The van der Waals surface area contributed by atoms with Crippen LogP contribution in [0, 0.1) is 5.92 Å². The van der Waals surface area contributed by atoms with E-state index in [1.807, 2.05) is 23.1 Å². The molecule has 114 valence electrons. The van der Waals surface area contributed by atoms with Gasteiger partial charge in [0.1, 0.15) is 5.75 Å². The van der Waals surface area contributed by atoms with E-state index in [9.17, 15) is 4.79 Å². The maximum Gasteiger partial charge on any atom is 0.227 e. The largest absolute Gasteiger partial charge is 0.497 e. The van der Waals surface area contributed by atoms with Crippen molar-refractivity contribution in [1.82, 2.24) is 9.88 Å². The molecule has 1 amide bonds. The Morgan fingerprint density at radius 3 is 3.00 bits per heavy atom. The first kappa shape index (κ1) is 13.9. The number of nitrogens with zero attached hydrogens (tertiary/aromatic N) is 1. The summed E-state index contributed by atoms with van der Waals surface area (Å²) in [7, 11) is 1.65. The number of aromatic nitrogens is 1. The second kappa shape index (κ2) is 5.16. The van der Waals surface area contributed by atoms with Crippen LogP contribution in [0.15, 0.2) is 35.0 Å². The predicted molar refractivity (Wildman–Crippen MR) is 89.0 cm³/mol. The summed E-state index contributed by atoms with van der Waals surface area (Å²) in [6, 6.07) is 6.18. The van der Waals surface area contributed by atoms with E-state index in [1.165, 1.54) is 0 Å². The fourth-order valence-electron chi connectivity index (χ4n) is 3.54. The lowest BCUT2D eigenvalue weighted by Crippen LogP contribution is -2.36. The molecule has 1 fully saturated rings. The van der Waals surface area contributed by atoms with Gasteiger partial charge < -0.3 is 14.6 Å². The predicted octanol–water partition coefficient (Wildman–Crippen LogP) is 3.27. The second-order valence-corrected chi connectivity index (χ2v) is 6.79. The van der Waals surface area contributed by atoms with Gasteiger partial charge in [-0.2, -0.15) is 0 Å². The van der Waals surface area contributed by atoms with Crippen LogP contribution >= 0.6 is 15.9 Å². The maximum atomic E-state index is 12.7. The number of methoxy groups -OCH3 is 1. The molecule has 0 spiro atoms. The molecule has 5 heteroatoms. The lowest BCUT2D eigenvalue weighted by atomic mass is 10.1. The van der Waals surface area contributed by atoms with Crippen molar-refractivity contribution < 1.29 is 9.53 Å². The van der Waals surface area contributed by atoms with E-state index in [4.69, 9.17) is 4.74 Å². The molecule has 1 N–H and O–H groups in total. The Labute approximate surface area is 137 Å². The van der Waals surface area contributed by atoms with E-state index in [-0.39, 0.29) is 5.91 Å². The first-order chi connectivity index (χ1) is 10.7. The zero-order valence-corrected chi connectivity index (χ0v) is 13.9. The highest BCUT2D eigenvalue weighted by atomic mass is 79.9. The van der Waals surface area contributed by atoms with Gasteiger partial charge in [-0.3, -0.25) is 4.79 Å². The van der Waals surface area contributed by atoms with Crippen LogP contribution in [0.4, 0.5) is 0 Å². The summed E-state index contributed by atoms with van der Waals surface area (Å²) >= 11 is 3.55. The number of aromatic amines is 1. The monoisotopic (exact) mass is 360 g/mol. The maximum absolute atomic E-state index is 12.7. The van der Waals surface area contributed by atoms with Crippen molar-refractivity contribution in [2.45, 2.75) is 18.9 Å². The molecule has 1 aliphatic heterocycles. The second-order valence-electron chi connectivity index (χ2n) is 6.00. The molecular weight excluding hydrogens is 344 g/mol. The number of benzene rings is 1. The van der Waals surface area contributed by atoms with Crippen LogP contribution in [0.25, 0.3) is 10.9 Å². The quantitative estimate of drug-likeness (QED) is 0.853. The van der Waals surface area contributed by atoms with Crippen LogP contribution in [-0.2, 0) is 11.2 Å². The highest BCUT2D eigenvalue weighted by molar-refractivity contribution is 9.10. The molecule has 2 aromatic rings. The molecule has 2 bridgehead atoms. The highest BCUT2D eigenvalue weighted by Crippen LogP contribution is 2.34. The smallest absolute Gasteiger partial charge is 0.227 e. The summed E-state index contributed by atoms with van der Waals surface area (Å²) in [5.74, 6) is 1.55. The van der Waals surface area contributed by atoms with E-state index < -0.39 is 0 Å². The van der Waals surface area contributed by atoms with Gasteiger partial charge >= 0.3 is 0 Å². The molecule has 1 aliphatic carbocycles. The summed E-state index contributed by atoms with van der Waals surface area (Å²) in [4.78, 5) is 18.0. The Balaban J connectivity index is 1.64. The number of ether oxygens (including phenoxy) is 1. The van der Waals surface area contributed by atoms with E-state index in [2.05, 4.69) is 33.1 Å². The fraction of sp³-hybridized carbons (Fsp3) is 0.353. The standard InChI is InChI=1S/C17H17BrN2O2/c1-22-12-4-5-15-13(7-12)14(17(18)19-15)8-16(21)20-9-10-2-3-11(20)6-10/h2-5,7,10-11,19H,6,8-9H2,1H3/t10-,11+/m1/s1. The minimum Gasteiger partial charge on any atom is -0.497 e. The van der Waals surface area contributed by atoms with Crippen LogP contribution < -0.4 is 4.74 Å². The zero-order valence-electron chi connectivity index (χ0n) is 12.3. The number of rotatable bonds is 3. The molecule has 1 aromatic heterocycles. The van der Waals surface area contributed by atoms with Gasteiger partial charge in [0.25, 0.3) is 0 Å². The molecule has 0 saturated carbocycles. The number of carbonyl (C=O) groups is 1. The summed E-state index contributed by atoms with van der Waals surface area (Å²) in [6.07, 6.45) is 5.90. The van der Waals surface area contributed by atoms with Crippen LogP contribution in [-0.4, -0.2) is 35.5 Å². The highest BCUT2D eigenvalue weighted by Gasteiger charge is 2.36. The Morgan fingerprint density at radius 1 is 1.45 bits per heavy atom. The van der Waals surface area contributed by atoms with Gasteiger partial charge in [0.15, 0.2) is 0 Å². The van der Waals surface area contributed by atoms with Crippen molar-refractivity contribution in [3.8, 4) is 5.75 Å². The molecule has 0 radical (unpaired) electrons. The average molecular weight is 361 g/mol. The molecule has 4 nitrogen and oxygen atoms in total. The Kier molecular flexibility index (Phi) is 3.26. The number of hydrogen-bond acceptors (Lipinski definition) is 2. The lowest BCUT2D eigenvalue weighted by molar-refractivity contribution is -0.130. The van der Waals surface area contributed by atoms with E-state index in [1.54, 1.807) is 7.11 Å². The van der Waals surface area contributed by atoms with Crippen molar-refractivity contribution in [1.29, 1.82) is 0 Å². The number of carbonyl (C=O) groups excluding carboxylic acids is 1. The van der Waals surface area contributed by atoms with Crippen molar-refractivity contribution in [3.63, 3.8) is 0 Å². The number of hydrogen-bond donors (Lipinski definition) is 1. The lowest BCUT2D eigenvalue weighted by Gasteiger charge is -2.24. The van der Waals surface area contributed by atoms with E-state index >= 15 is 0 Å². The minimum atomic E-state index is 0.196. The number of amides is 1. The summed E-state index contributed by atoms with van der Waals surface area (Å²) in [6.45, 7) is 0.864. The summed E-state index contributed by atoms with van der Waals surface area (Å²) in [5, 5.41) is 1.04. The van der Waals surface area contributed by atoms with Gasteiger partial charge in [-0.25, -0.2) is 0 Å². The molecule has 1 saturated heterocycles. The van der Waals surface area contributed by atoms with Crippen molar-refractivity contribution in [2.75, 3.05) is 13.7 Å². The van der Waals surface area contributed by atoms with Gasteiger partial charge in [0, 0.05) is 23.0 Å². The Bertz CT molecular complexity index is 780. The van der Waals surface area contributed by atoms with Crippen molar-refractivity contribution in [3.05, 3.63) is 40.5 Å². The average Bonchev–Trinajstić information content (AvgIpc) is 3.22. The number of fused-ring (bicyclic) bond motifs is 3. The third-order valence-corrected chi connectivity index (χ3v) is 5.37. The van der Waals surface area contributed by atoms with Gasteiger partial charge in [-0.05, 0) is 46.5 Å². The molecule has 0 unspecified atom stereocenters. The molecular formula is C17H17BrN2O2. The normalized spacial score (nSPS) is 22.7. The minimum absolute atomic E-state index is 0.196. The van der Waals surface area contributed by atoms with Crippen LogP contribution in [0.3, 0.4) is 0 Å². The third-order valence-electron chi connectivity index (χ3n) is 4.69. The zero-order chi connectivity index (χ0) is 15.3. The Hall–Kier alpha value is -1.75. The summed E-state index contributed by atoms with van der Waals surface area (Å²) < 4.78 is 6.18. The van der Waals surface area contributed by atoms with E-state index in [0.717, 1.165) is 39.8 Å². The van der Waals surface area contributed by atoms with Crippen LogP contribution in [0.5, 0.6) is 5.75 Å². The SMILES string of the molecule is COc1ccc2[nH]c(Br)c(CC(=O)N3C[C@@H]4C=C[C@H]3C4)c2c1. The fourth-order valence-corrected chi connectivity index (χ4v) is 4.11. The van der Waals surface area contributed by atoms with Gasteiger partial charge in [-0.1, -0.05) is 12.2 Å². The Morgan fingerprint density at radius 2 is 2.32 bits per heavy atom. The molecule has 4 rings (SSSR count). The summed E-state index contributed by atoms with van der Waals surface area (Å²) in [5.41, 5.74) is 2.02.